The number of Topliss-reactive ketones (excluding diaryl/α,β-unsaturated/α-hetero) is 1. The van der Waals surface area contributed by atoms with Gasteiger partial charge in [0.2, 0.25) is 0 Å². The van der Waals surface area contributed by atoms with Crippen LogP contribution in [0.2, 0.25) is 0 Å². The van der Waals surface area contributed by atoms with Crippen LogP contribution in [-0.2, 0) is 4.74 Å². The van der Waals surface area contributed by atoms with Crippen molar-refractivity contribution in [3.63, 3.8) is 0 Å². The van der Waals surface area contributed by atoms with Crippen molar-refractivity contribution in [2.75, 3.05) is 31.2 Å². The third-order valence-electron chi connectivity index (χ3n) is 4.60. The zero-order chi connectivity index (χ0) is 15.0. The Morgan fingerprint density at radius 3 is 2.52 bits per heavy atom. The van der Waals surface area contributed by atoms with E-state index in [4.69, 9.17) is 4.74 Å². The van der Waals surface area contributed by atoms with Crippen molar-refractivity contribution in [3.05, 3.63) is 29.3 Å². The van der Waals surface area contributed by atoms with Crippen molar-refractivity contribution in [2.24, 2.45) is 5.41 Å². The number of anilines is 1. The first kappa shape index (κ1) is 14.4. The quantitative estimate of drug-likeness (QED) is 0.800. The zero-order valence-corrected chi connectivity index (χ0v) is 12.1. The molecule has 0 amide bonds. The molecule has 2 saturated heterocycles. The molecule has 0 aliphatic carbocycles. The maximum atomic E-state index is 12.8. The van der Waals surface area contributed by atoms with Crippen LogP contribution in [0.5, 0.6) is 0 Å². The molecule has 114 valence electrons. The van der Waals surface area contributed by atoms with Crippen molar-refractivity contribution in [2.45, 2.75) is 26.2 Å². The predicted molar refractivity (Wildman–Crippen MR) is 76.1 cm³/mol. The van der Waals surface area contributed by atoms with Crippen LogP contribution in [0.3, 0.4) is 0 Å². The molecule has 2 heterocycles. The van der Waals surface area contributed by atoms with Gasteiger partial charge >= 0.3 is 0 Å². The summed E-state index contributed by atoms with van der Waals surface area (Å²) in [5, 5.41) is 0. The Morgan fingerprint density at radius 2 is 1.95 bits per heavy atom. The first-order valence-electron chi connectivity index (χ1n) is 7.26. The summed E-state index contributed by atoms with van der Waals surface area (Å²) in [6.07, 6.45) is -0.474. The topological polar surface area (TPSA) is 29.5 Å². The number of rotatable bonds is 3. The van der Waals surface area contributed by atoms with E-state index in [2.05, 4.69) is 4.90 Å². The van der Waals surface area contributed by atoms with Gasteiger partial charge in [0.25, 0.3) is 6.43 Å². The minimum atomic E-state index is -2.55. The molecule has 2 aliphatic heterocycles. The van der Waals surface area contributed by atoms with E-state index in [1.165, 1.54) is 19.1 Å². The standard InChI is InChI=1S/C16H19F2NO2/c1-11(20)13-8-12(15(17)18)2-3-14(13)19-9-16(10-19)4-6-21-7-5-16/h2-3,8,15H,4-7,9-10H2,1H3. The van der Waals surface area contributed by atoms with Crippen molar-refractivity contribution in [1.29, 1.82) is 0 Å². The Balaban J connectivity index is 1.81. The van der Waals surface area contributed by atoms with E-state index >= 15 is 0 Å². The van der Waals surface area contributed by atoms with Crippen LogP contribution in [0.4, 0.5) is 14.5 Å². The van der Waals surface area contributed by atoms with Crippen LogP contribution in [0.25, 0.3) is 0 Å². The molecule has 0 aromatic heterocycles. The van der Waals surface area contributed by atoms with Gasteiger partial charge in [0.1, 0.15) is 0 Å². The lowest BCUT2D eigenvalue weighted by molar-refractivity contribution is -0.000251. The third-order valence-corrected chi connectivity index (χ3v) is 4.60. The minimum absolute atomic E-state index is 0.0924. The fraction of sp³-hybridized carbons (Fsp3) is 0.562. The SMILES string of the molecule is CC(=O)c1cc(C(F)F)ccc1N1CC2(CCOCC2)C1. The van der Waals surface area contributed by atoms with Gasteiger partial charge in [0.05, 0.1) is 0 Å². The molecule has 3 rings (SSSR count). The lowest BCUT2D eigenvalue weighted by atomic mass is 9.73. The molecule has 1 spiro atoms. The maximum Gasteiger partial charge on any atom is 0.263 e. The van der Waals surface area contributed by atoms with Gasteiger partial charge in [-0.15, -0.1) is 0 Å². The Bertz CT molecular complexity index is 545. The molecule has 0 bridgehead atoms. The number of benzene rings is 1. The largest absolute Gasteiger partial charge is 0.381 e. The zero-order valence-electron chi connectivity index (χ0n) is 12.1. The van der Waals surface area contributed by atoms with Gasteiger partial charge in [0, 0.05) is 48.5 Å². The molecule has 1 aromatic rings. The molecule has 3 nitrogen and oxygen atoms in total. The van der Waals surface area contributed by atoms with Crippen molar-refractivity contribution >= 4 is 11.5 Å². The highest BCUT2D eigenvalue weighted by Gasteiger charge is 2.44. The van der Waals surface area contributed by atoms with E-state index in [0.717, 1.165) is 44.8 Å². The Hall–Kier alpha value is -1.49. The van der Waals surface area contributed by atoms with E-state index in [-0.39, 0.29) is 16.8 Å². The molecule has 0 N–H and O–H groups in total. The normalized spacial score (nSPS) is 20.7. The summed E-state index contributed by atoms with van der Waals surface area (Å²) < 4.78 is 31.0. The average Bonchev–Trinajstić information content (AvgIpc) is 2.44. The highest BCUT2D eigenvalue weighted by atomic mass is 19.3. The third kappa shape index (κ3) is 2.67. The number of ether oxygens (including phenoxy) is 1. The molecule has 21 heavy (non-hydrogen) atoms. The highest BCUT2D eigenvalue weighted by molar-refractivity contribution is 6.00. The van der Waals surface area contributed by atoms with Crippen LogP contribution in [0, 0.1) is 5.41 Å². The molecule has 0 atom stereocenters. The Labute approximate surface area is 122 Å². The summed E-state index contributed by atoms with van der Waals surface area (Å²) in [5.41, 5.74) is 1.37. The van der Waals surface area contributed by atoms with Crippen LogP contribution in [0.1, 0.15) is 42.1 Å². The molecule has 0 radical (unpaired) electrons. The fourth-order valence-corrected chi connectivity index (χ4v) is 3.30. The molecule has 5 heteroatoms. The number of nitrogens with zero attached hydrogens (tertiary/aromatic N) is 1. The molecular formula is C16H19F2NO2. The number of carbonyl (C=O) groups excluding carboxylic acids is 1. The first-order valence-corrected chi connectivity index (χ1v) is 7.26. The summed E-state index contributed by atoms with van der Waals surface area (Å²) >= 11 is 0. The number of ketones is 1. The minimum Gasteiger partial charge on any atom is -0.381 e. The van der Waals surface area contributed by atoms with Crippen LogP contribution in [0.15, 0.2) is 18.2 Å². The fourth-order valence-electron chi connectivity index (χ4n) is 3.30. The number of carbonyl (C=O) groups is 1. The molecule has 2 aliphatic rings. The maximum absolute atomic E-state index is 12.8. The Kier molecular flexibility index (Phi) is 3.69. The second-order valence-electron chi connectivity index (χ2n) is 6.10. The average molecular weight is 295 g/mol. The second kappa shape index (κ2) is 5.37. The van der Waals surface area contributed by atoms with Crippen LogP contribution < -0.4 is 4.90 Å². The second-order valence-corrected chi connectivity index (χ2v) is 6.10. The monoisotopic (exact) mass is 295 g/mol. The lowest BCUT2D eigenvalue weighted by Crippen LogP contribution is -2.58. The summed E-state index contributed by atoms with van der Waals surface area (Å²) in [4.78, 5) is 13.9. The molecule has 0 saturated carbocycles. The number of hydrogen-bond acceptors (Lipinski definition) is 3. The number of halogens is 2. The molecule has 1 aromatic carbocycles. The smallest absolute Gasteiger partial charge is 0.263 e. The molecule has 0 unspecified atom stereocenters. The summed E-state index contributed by atoms with van der Waals surface area (Å²) in [6.45, 7) is 4.77. The van der Waals surface area contributed by atoms with E-state index < -0.39 is 6.43 Å². The molecular weight excluding hydrogens is 276 g/mol. The Morgan fingerprint density at radius 1 is 1.29 bits per heavy atom. The van der Waals surface area contributed by atoms with Gasteiger partial charge < -0.3 is 9.64 Å². The first-order chi connectivity index (χ1) is 10.0. The highest BCUT2D eigenvalue weighted by Crippen LogP contribution is 2.43. The van der Waals surface area contributed by atoms with Crippen molar-refractivity contribution < 1.29 is 18.3 Å². The van der Waals surface area contributed by atoms with Gasteiger partial charge in [-0.3, -0.25) is 4.79 Å². The number of hydrogen-bond donors (Lipinski definition) is 0. The van der Waals surface area contributed by atoms with E-state index in [9.17, 15) is 13.6 Å². The van der Waals surface area contributed by atoms with Crippen molar-refractivity contribution in [3.8, 4) is 0 Å². The van der Waals surface area contributed by atoms with E-state index in [1.807, 2.05) is 0 Å². The number of alkyl halides is 2. The molecule has 2 fully saturated rings. The van der Waals surface area contributed by atoms with Crippen molar-refractivity contribution in [1.82, 2.24) is 0 Å². The van der Waals surface area contributed by atoms with Gasteiger partial charge in [-0.1, -0.05) is 6.07 Å². The van der Waals surface area contributed by atoms with E-state index in [0.29, 0.717) is 5.56 Å². The van der Waals surface area contributed by atoms with Crippen LogP contribution >= 0.6 is 0 Å². The predicted octanol–water partition coefficient (Wildman–Crippen LogP) is 3.44. The van der Waals surface area contributed by atoms with Gasteiger partial charge in [-0.05, 0) is 31.9 Å². The summed E-state index contributed by atoms with van der Waals surface area (Å²) in [5.74, 6) is -0.166. The van der Waals surface area contributed by atoms with E-state index in [1.54, 1.807) is 6.07 Å². The lowest BCUT2D eigenvalue weighted by Gasteiger charge is -2.53. The summed E-state index contributed by atoms with van der Waals surface area (Å²) in [7, 11) is 0. The summed E-state index contributed by atoms with van der Waals surface area (Å²) in [6, 6.07) is 4.41. The van der Waals surface area contributed by atoms with Crippen LogP contribution in [-0.4, -0.2) is 32.1 Å². The van der Waals surface area contributed by atoms with Gasteiger partial charge in [-0.25, -0.2) is 8.78 Å². The van der Waals surface area contributed by atoms with Gasteiger partial charge in [-0.2, -0.15) is 0 Å². The van der Waals surface area contributed by atoms with Gasteiger partial charge in [0.15, 0.2) is 5.78 Å².